The van der Waals surface area contributed by atoms with Gasteiger partial charge in [-0.3, -0.25) is 0 Å². The van der Waals surface area contributed by atoms with Gasteiger partial charge in [0.15, 0.2) is 0 Å². The highest BCUT2D eigenvalue weighted by Gasteiger charge is 2.16. The van der Waals surface area contributed by atoms with Gasteiger partial charge in [-0.1, -0.05) is 6.42 Å². The molecule has 0 radical (unpaired) electrons. The largest absolute Gasteiger partial charge is 0.420 e. The molecule has 0 saturated carbocycles. The zero-order chi connectivity index (χ0) is 13.1. The molecule has 2 aromatic rings. The fourth-order valence-electron chi connectivity index (χ4n) is 2.48. The summed E-state index contributed by atoms with van der Waals surface area (Å²) >= 11 is 1.82. The molecule has 2 heterocycles. The average molecular weight is 277 g/mol. The summed E-state index contributed by atoms with van der Waals surface area (Å²) in [4.78, 5) is 2.63. The van der Waals surface area contributed by atoms with Gasteiger partial charge in [0.25, 0.3) is 5.89 Å². The van der Waals surface area contributed by atoms with E-state index in [0.717, 1.165) is 17.7 Å². The van der Waals surface area contributed by atoms with Crippen LogP contribution in [0, 0.1) is 0 Å². The second kappa shape index (κ2) is 5.84. The Bertz CT molecular complexity index is 523. The first-order valence-electron chi connectivity index (χ1n) is 7.01. The van der Waals surface area contributed by atoms with Crippen molar-refractivity contribution in [2.75, 3.05) is 6.54 Å². The molecule has 1 aliphatic carbocycles. The smallest absolute Gasteiger partial charge is 0.257 e. The van der Waals surface area contributed by atoms with Crippen molar-refractivity contribution in [3.63, 3.8) is 0 Å². The highest BCUT2D eigenvalue weighted by Crippen LogP contribution is 2.34. The minimum absolute atomic E-state index is 0.658. The van der Waals surface area contributed by atoms with Crippen LogP contribution in [0.1, 0.15) is 42.0 Å². The lowest BCUT2D eigenvalue weighted by atomic mass is 10.1. The van der Waals surface area contributed by atoms with E-state index in [-0.39, 0.29) is 0 Å². The van der Waals surface area contributed by atoms with Crippen molar-refractivity contribution < 1.29 is 4.42 Å². The van der Waals surface area contributed by atoms with E-state index in [9.17, 15) is 0 Å². The minimum atomic E-state index is 0.658. The molecule has 2 aromatic heterocycles. The van der Waals surface area contributed by atoms with Crippen LogP contribution >= 0.6 is 11.3 Å². The topological polar surface area (TPSA) is 64.9 Å². The first kappa shape index (κ1) is 12.8. The van der Waals surface area contributed by atoms with Crippen LogP contribution < -0.4 is 5.73 Å². The molecule has 0 amide bonds. The molecule has 102 valence electrons. The van der Waals surface area contributed by atoms with Gasteiger partial charge in [-0.15, -0.1) is 21.5 Å². The highest BCUT2D eigenvalue weighted by molar-refractivity contribution is 7.15. The van der Waals surface area contributed by atoms with Crippen molar-refractivity contribution in [1.29, 1.82) is 0 Å². The first-order valence-corrected chi connectivity index (χ1v) is 7.83. The van der Waals surface area contributed by atoms with Gasteiger partial charge in [0, 0.05) is 11.3 Å². The predicted molar refractivity (Wildman–Crippen MR) is 76.2 cm³/mol. The molecule has 0 spiro atoms. The number of thiophene rings is 1. The molecule has 0 bridgehead atoms. The van der Waals surface area contributed by atoms with E-state index < -0.39 is 0 Å². The van der Waals surface area contributed by atoms with Crippen LogP contribution in [0.5, 0.6) is 0 Å². The van der Waals surface area contributed by atoms with Crippen LogP contribution in [0.3, 0.4) is 0 Å². The Morgan fingerprint density at radius 2 is 2.11 bits per heavy atom. The second-order valence-electron chi connectivity index (χ2n) is 5.01. The van der Waals surface area contributed by atoms with E-state index in [4.69, 9.17) is 10.2 Å². The monoisotopic (exact) mass is 277 g/mol. The predicted octanol–water partition coefficient (Wildman–Crippen LogP) is 2.96. The lowest BCUT2D eigenvalue weighted by Crippen LogP contribution is -2.00. The zero-order valence-corrected chi connectivity index (χ0v) is 11.8. The molecule has 2 N–H and O–H groups in total. The maximum Gasteiger partial charge on any atom is 0.257 e. The Morgan fingerprint density at radius 1 is 1.21 bits per heavy atom. The molecule has 0 aromatic carbocycles. The molecule has 0 aliphatic heterocycles. The molecule has 19 heavy (non-hydrogen) atoms. The fraction of sp³-hybridized carbons (Fsp3) is 0.571. The Morgan fingerprint density at radius 3 is 3.00 bits per heavy atom. The lowest BCUT2D eigenvalue weighted by Gasteiger charge is -1.92. The SMILES string of the molecule is NCCCc1nnc(-c2cc3c(s2)CCCCC3)o1. The fourth-order valence-corrected chi connectivity index (χ4v) is 3.66. The number of nitrogens with zero attached hydrogens (tertiary/aromatic N) is 2. The average Bonchev–Trinajstić information content (AvgIpc) is 2.99. The van der Waals surface area contributed by atoms with Crippen molar-refractivity contribution in [3.05, 3.63) is 22.4 Å². The first-order chi connectivity index (χ1) is 9.36. The van der Waals surface area contributed by atoms with Gasteiger partial charge >= 0.3 is 0 Å². The number of hydrogen-bond acceptors (Lipinski definition) is 5. The number of hydrogen-bond donors (Lipinski definition) is 1. The summed E-state index contributed by atoms with van der Waals surface area (Å²) in [6.45, 7) is 0.658. The van der Waals surface area contributed by atoms with Crippen LogP contribution in [0.2, 0.25) is 0 Å². The maximum absolute atomic E-state index is 5.71. The maximum atomic E-state index is 5.71. The van der Waals surface area contributed by atoms with Gasteiger partial charge in [0.1, 0.15) is 0 Å². The molecule has 5 heteroatoms. The molecule has 0 fully saturated rings. The summed E-state index contributed by atoms with van der Waals surface area (Å²) in [5.41, 5.74) is 6.97. The summed E-state index contributed by atoms with van der Waals surface area (Å²) in [5, 5.41) is 8.25. The zero-order valence-electron chi connectivity index (χ0n) is 11.0. The number of nitrogens with two attached hydrogens (primary N) is 1. The van der Waals surface area contributed by atoms with Crippen molar-refractivity contribution in [2.45, 2.75) is 44.9 Å². The highest BCUT2D eigenvalue weighted by atomic mass is 32.1. The second-order valence-corrected chi connectivity index (χ2v) is 6.15. The number of aromatic nitrogens is 2. The van der Waals surface area contributed by atoms with E-state index in [1.165, 1.54) is 42.5 Å². The summed E-state index contributed by atoms with van der Waals surface area (Å²) < 4.78 is 5.71. The van der Waals surface area contributed by atoms with Crippen molar-refractivity contribution in [3.8, 4) is 10.8 Å². The van der Waals surface area contributed by atoms with E-state index in [2.05, 4.69) is 16.3 Å². The Labute approximate surface area is 117 Å². The van der Waals surface area contributed by atoms with Crippen LogP contribution in [0.25, 0.3) is 10.8 Å². The third-order valence-corrected chi connectivity index (χ3v) is 4.74. The van der Waals surface area contributed by atoms with Crippen LogP contribution in [0.4, 0.5) is 0 Å². The molecule has 0 unspecified atom stereocenters. The van der Waals surface area contributed by atoms with Crippen LogP contribution in [0.15, 0.2) is 10.5 Å². The van der Waals surface area contributed by atoms with E-state index >= 15 is 0 Å². The molecule has 1 aliphatic rings. The summed E-state index contributed by atoms with van der Waals surface area (Å²) in [6, 6.07) is 2.24. The normalized spacial score (nSPS) is 15.2. The molecule has 0 atom stereocenters. The van der Waals surface area contributed by atoms with E-state index in [0.29, 0.717) is 18.3 Å². The number of rotatable bonds is 4. The van der Waals surface area contributed by atoms with Gasteiger partial charge in [-0.25, -0.2) is 0 Å². The van der Waals surface area contributed by atoms with Gasteiger partial charge in [-0.2, -0.15) is 0 Å². The molecule has 3 rings (SSSR count). The van der Waals surface area contributed by atoms with Crippen LogP contribution in [-0.4, -0.2) is 16.7 Å². The Hall–Kier alpha value is -1.20. The van der Waals surface area contributed by atoms with Crippen molar-refractivity contribution >= 4 is 11.3 Å². The number of aryl methyl sites for hydroxylation is 3. The van der Waals surface area contributed by atoms with Crippen LogP contribution in [-0.2, 0) is 19.3 Å². The van der Waals surface area contributed by atoms with Gasteiger partial charge in [-0.05, 0) is 50.3 Å². The summed E-state index contributed by atoms with van der Waals surface area (Å²) in [6.07, 6.45) is 8.01. The third kappa shape index (κ3) is 2.87. The molecular formula is C14H19N3OS. The van der Waals surface area contributed by atoms with E-state index in [1.54, 1.807) is 0 Å². The summed E-state index contributed by atoms with van der Waals surface area (Å²) in [7, 11) is 0. The van der Waals surface area contributed by atoms with Gasteiger partial charge in [0.2, 0.25) is 5.89 Å². The van der Waals surface area contributed by atoms with Crippen molar-refractivity contribution in [1.82, 2.24) is 10.2 Å². The quantitative estimate of drug-likeness (QED) is 0.873. The number of fused-ring (bicyclic) bond motifs is 1. The Kier molecular flexibility index (Phi) is 3.94. The summed E-state index contributed by atoms with van der Waals surface area (Å²) in [5.74, 6) is 1.37. The van der Waals surface area contributed by atoms with Gasteiger partial charge in [0.05, 0.1) is 4.88 Å². The van der Waals surface area contributed by atoms with Crippen molar-refractivity contribution in [2.24, 2.45) is 5.73 Å². The molecule has 0 saturated heterocycles. The molecule has 4 nitrogen and oxygen atoms in total. The van der Waals surface area contributed by atoms with Gasteiger partial charge < -0.3 is 10.2 Å². The van der Waals surface area contributed by atoms with E-state index in [1.807, 2.05) is 11.3 Å². The Balaban J connectivity index is 1.80. The standard InChI is InChI=1S/C14H19N3OS/c15-8-4-7-13-16-17-14(18-13)12-9-10-5-2-1-3-6-11(10)19-12/h9H,1-8,15H2. The third-order valence-electron chi connectivity index (χ3n) is 3.52. The lowest BCUT2D eigenvalue weighted by molar-refractivity contribution is 0.500. The minimum Gasteiger partial charge on any atom is -0.420 e. The molecular weight excluding hydrogens is 258 g/mol.